The monoisotopic (exact) mass is 264 g/mol. The first-order chi connectivity index (χ1) is 9.00. The molecule has 3 heteroatoms. The highest BCUT2D eigenvalue weighted by atomic mass is 16.2. The summed E-state index contributed by atoms with van der Waals surface area (Å²) in [5.41, 5.74) is 5.87. The molecule has 2 bridgehead atoms. The van der Waals surface area contributed by atoms with Crippen LogP contribution in [-0.4, -0.2) is 30.4 Å². The first-order valence-corrected chi connectivity index (χ1v) is 8.02. The lowest BCUT2D eigenvalue weighted by atomic mass is 9.82. The van der Waals surface area contributed by atoms with Gasteiger partial charge in [0, 0.05) is 19.6 Å². The molecule has 0 radical (unpaired) electrons. The SMILES string of the molecule is CN(CC1CC2CCC1C2)C(=O)C1(C)CCCC1N. The van der Waals surface area contributed by atoms with Crippen LogP contribution in [0.4, 0.5) is 0 Å². The summed E-state index contributed by atoms with van der Waals surface area (Å²) in [7, 11) is 1.99. The standard InChI is InChI=1S/C16H28N2O/c1-16(7-3-4-14(16)17)15(19)18(2)10-13-9-11-5-6-12(13)8-11/h11-14H,3-10,17H2,1-2H3. The number of carbonyl (C=O) groups excluding carboxylic acids is 1. The third kappa shape index (κ3) is 2.20. The van der Waals surface area contributed by atoms with E-state index in [1.54, 1.807) is 0 Å². The number of hydrogen-bond acceptors (Lipinski definition) is 2. The van der Waals surface area contributed by atoms with Gasteiger partial charge >= 0.3 is 0 Å². The highest BCUT2D eigenvalue weighted by molar-refractivity contribution is 5.83. The minimum Gasteiger partial charge on any atom is -0.345 e. The van der Waals surface area contributed by atoms with Crippen LogP contribution < -0.4 is 5.73 Å². The molecule has 5 atom stereocenters. The second-order valence-corrected chi connectivity index (χ2v) is 7.54. The highest BCUT2D eigenvalue weighted by Crippen LogP contribution is 2.48. The van der Waals surface area contributed by atoms with Crippen molar-refractivity contribution in [2.75, 3.05) is 13.6 Å². The van der Waals surface area contributed by atoms with Gasteiger partial charge in [0.2, 0.25) is 5.91 Å². The van der Waals surface area contributed by atoms with Crippen LogP contribution >= 0.6 is 0 Å². The van der Waals surface area contributed by atoms with Crippen molar-refractivity contribution in [3.63, 3.8) is 0 Å². The van der Waals surface area contributed by atoms with E-state index in [1.807, 2.05) is 11.9 Å². The molecule has 0 spiro atoms. The summed E-state index contributed by atoms with van der Waals surface area (Å²) in [6, 6.07) is 0.0579. The summed E-state index contributed by atoms with van der Waals surface area (Å²) in [6.45, 7) is 3.03. The van der Waals surface area contributed by atoms with Crippen molar-refractivity contribution in [2.24, 2.45) is 28.9 Å². The lowest BCUT2D eigenvalue weighted by Gasteiger charge is -2.35. The molecule has 0 saturated heterocycles. The fraction of sp³-hybridized carbons (Fsp3) is 0.938. The average Bonchev–Trinajstić information content (AvgIpc) is 3.06. The van der Waals surface area contributed by atoms with Gasteiger partial charge in [0.15, 0.2) is 0 Å². The Morgan fingerprint density at radius 1 is 1.32 bits per heavy atom. The van der Waals surface area contributed by atoms with Gasteiger partial charge in [0.1, 0.15) is 0 Å². The topological polar surface area (TPSA) is 46.3 Å². The Bertz CT molecular complexity index is 370. The maximum atomic E-state index is 12.7. The summed E-state index contributed by atoms with van der Waals surface area (Å²) < 4.78 is 0. The first kappa shape index (κ1) is 13.4. The van der Waals surface area contributed by atoms with Gasteiger partial charge in [-0.25, -0.2) is 0 Å². The molecule has 0 aromatic rings. The van der Waals surface area contributed by atoms with Crippen molar-refractivity contribution in [1.82, 2.24) is 4.90 Å². The van der Waals surface area contributed by atoms with Gasteiger partial charge < -0.3 is 10.6 Å². The molecule has 3 aliphatic carbocycles. The third-order valence-electron chi connectivity index (χ3n) is 6.26. The first-order valence-electron chi connectivity index (χ1n) is 8.02. The highest BCUT2D eigenvalue weighted by Gasteiger charge is 2.46. The minimum atomic E-state index is -0.299. The van der Waals surface area contributed by atoms with Gasteiger partial charge in [-0.3, -0.25) is 4.79 Å². The van der Waals surface area contributed by atoms with Crippen molar-refractivity contribution >= 4 is 5.91 Å². The molecule has 108 valence electrons. The summed E-state index contributed by atoms with van der Waals surface area (Å²) in [4.78, 5) is 14.7. The maximum absolute atomic E-state index is 12.7. The number of carbonyl (C=O) groups is 1. The van der Waals surface area contributed by atoms with Crippen LogP contribution in [0.5, 0.6) is 0 Å². The van der Waals surface area contributed by atoms with E-state index < -0.39 is 0 Å². The molecule has 0 aliphatic heterocycles. The summed E-state index contributed by atoms with van der Waals surface area (Å²) in [6.07, 6.45) is 8.67. The average molecular weight is 264 g/mol. The Kier molecular flexibility index (Phi) is 3.36. The van der Waals surface area contributed by atoms with E-state index in [-0.39, 0.29) is 11.5 Å². The zero-order chi connectivity index (χ0) is 13.6. The molecule has 19 heavy (non-hydrogen) atoms. The lowest BCUT2D eigenvalue weighted by molar-refractivity contribution is -0.141. The molecule has 1 amide bonds. The van der Waals surface area contributed by atoms with E-state index in [4.69, 9.17) is 5.73 Å². The van der Waals surface area contributed by atoms with Crippen LogP contribution in [-0.2, 0) is 4.79 Å². The maximum Gasteiger partial charge on any atom is 0.229 e. The second-order valence-electron chi connectivity index (χ2n) is 7.54. The van der Waals surface area contributed by atoms with Crippen molar-refractivity contribution < 1.29 is 4.79 Å². The molecule has 3 aliphatic rings. The van der Waals surface area contributed by atoms with Crippen LogP contribution in [0.1, 0.15) is 51.9 Å². The molecular formula is C16H28N2O. The number of rotatable bonds is 3. The summed E-state index contributed by atoms with van der Waals surface area (Å²) >= 11 is 0. The third-order valence-corrected chi connectivity index (χ3v) is 6.26. The number of hydrogen-bond donors (Lipinski definition) is 1. The Hall–Kier alpha value is -0.570. The largest absolute Gasteiger partial charge is 0.345 e. The molecule has 3 nitrogen and oxygen atoms in total. The molecule has 3 rings (SSSR count). The summed E-state index contributed by atoms with van der Waals surface area (Å²) in [5.74, 6) is 2.90. The van der Waals surface area contributed by atoms with Gasteiger partial charge in [0.25, 0.3) is 0 Å². The molecule has 5 unspecified atom stereocenters. The van der Waals surface area contributed by atoms with Gasteiger partial charge in [-0.2, -0.15) is 0 Å². The number of nitrogens with zero attached hydrogens (tertiary/aromatic N) is 1. The smallest absolute Gasteiger partial charge is 0.229 e. The quantitative estimate of drug-likeness (QED) is 0.851. The molecule has 0 heterocycles. The van der Waals surface area contributed by atoms with E-state index in [0.717, 1.165) is 43.6 Å². The Morgan fingerprint density at radius 3 is 2.63 bits per heavy atom. The molecule has 0 aromatic heterocycles. The normalized spacial score (nSPS) is 44.8. The fourth-order valence-corrected chi connectivity index (χ4v) is 4.93. The van der Waals surface area contributed by atoms with Gasteiger partial charge in [-0.15, -0.1) is 0 Å². The summed E-state index contributed by atoms with van der Waals surface area (Å²) in [5, 5.41) is 0. The van der Waals surface area contributed by atoms with Crippen LogP contribution in [0.2, 0.25) is 0 Å². The lowest BCUT2D eigenvalue weighted by Crippen LogP contribution is -2.49. The number of fused-ring (bicyclic) bond motifs is 2. The van der Waals surface area contributed by atoms with Crippen LogP contribution in [0.25, 0.3) is 0 Å². The second kappa shape index (κ2) is 4.76. The van der Waals surface area contributed by atoms with Gasteiger partial charge in [-0.1, -0.05) is 12.8 Å². The Balaban J connectivity index is 1.61. The van der Waals surface area contributed by atoms with Crippen molar-refractivity contribution in [3.8, 4) is 0 Å². The zero-order valence-corrected chi connectivity index (χ0v) is 12.4. The van der Waals surface area contributed by atoms with Crippen molar-refractivity contribution in [3.05, 3.63) is 0 Å². The van der Waals surface area contributed by atoms with Crippen molar-refractivity contribution in [2.45, 2.75) is 57.9 Å². The van der Waals surface area contributed by atoms with E-state index >= 15 is 0 Å². The van der Waals surface area contributed by atoms with Crippen molar-refractivity contribution in [1.29, 1.82) is 0 Å². The van der Waals surface area contributed by atoms with E-state index in [9.17, 15) is 4.79 Å². The minimum absolute atomic E-state index is 0.0579. The van der Waals surface area contributed by atoms with Crippen LogP contribution in [0.3, 0.4) is 0 Å². The molecule has 3 saturated carbocycles. The Labute approximate surface area is 116 Å². The number of amides is 1. The molecule has 2 N–H and O–H groups in total. The van der Waals surface area contributed by atoms with Crippen LogP contribution in [0.15, 0.2) is 0 Å². The molecule has 0 aromatic carbocycles. The fourth-order valence-electron chi connectivity index (χ4n) is 4.93. The van der Waals surface area contributed by atoms with Gasteiger partial charge in [-0.05, 0) is 56.8 Å². The zero-order valence-electron chi connectivity index (χ0n) is 12.4. The molecular weight excluding hydrogens is 236 g/mol. The number of nitrogens with two attached hydrogens (primary N) is 1. The molecule has 3 fully saturated rings. The predicted octanol–water partition coefficient (Wildman–Crippen LogP) is 2.40. The Morgan fingerprint density at radius 2 is 2.11 bits per heavy atom. The van der Waals surface area contributed by atoms with E-state index in [0.29, 0.717) is 5.91 Å². The predicted molar refractivity (Wildman–Crippen MR) is 76.5 cm³/mol. The van der Waals surface area contributed by atoms with Crippen LogP contribution in [0, 0.1) is 23.2 Å². The van der Waals surface area contributed by atoms with E-state index in [2.05, 4.69) is 6.92 Å². The van der Waals surface area contributed by atoms with Gasteiger partial charge in [0.05, 0.1) is 5.41 Å². The van der Waals surface area contributed by atoms with E-state index in [1.165, 1.54) is 25.7 Å².